The molecule has 4 heterocycles. The Morgan fingerprint density at radius 1 is 0.769 bits per heavy atom. The van der Waals surface area contributed by atoms with Gasteiger partial charge in [-0.15, -0.1) is 11.1 Å². The number of hydrogen-bond donors (Lipinski definition) is 0. The van der Waals surface area contributed by atoms with E-state index in [4.69, 9.17) is 4.74 Å². The van der Waals surface area contributed by atoms with Crippen LogP contribution in [-0.2, 0) is 35.2 Å². The molecule has 0 radical (unpaired) electrons. The fraction of sp³-hybridized carbons (Fsp3) is 0.111. The quantitative estimate of drug-likeness (QED) is 0.384. The van der Waals surface area contributed by atoms with Crippen LogP contribution in [0.25, 0.3) is 22.5 Å². The van der Waals surface area contributed by atoms with Crippen LogP contribution in [0.4, 0.5) is 0 Å². The molecular weight excluding hydrogens is 511 g/mol. The van der Waals surface area contributed by atoms with Gasteiger partial charge < -0.3 is 14.1 Å². The van der Waals surface area contributed by atoms with Gasteiger partial charge in [0, 0.05) is 14.1 Å². The van der Waals surface area contributed by atoms with Crippen LogP contribution in [0.2, 0.25) is 0 Å². The Hall–Kier alpha value is -2.79. The van der Waals surface area contributed by atoms with E-state index in [2.05, 4.69) is 32.6 Å². The molecule has 0 spiro atoms. The molecule has 0 saturated carbocycles. The van der Waals surface area contributed by atoms with Crippen molar-refractivity contribution in [3.8, 4) is 34.3 Å². The second-order valence-electron chi connectivity index (χ2n) is 5.41. The van der Waals surface area contributed by atoms with Crippen molar-refractivity contribution in [3.63, 3.8) is 0 Å². The first kappa shape index (κ1) is 18.0. The first-order chi connectivity index (χ1) is 12.2. The van der Waals surface area contributed by atoms with Gasteiger partial charge in [0.15, 0.2) is 0 Å². The van der Waals surface area contributed by atoms with Crippen LogP contribution in [0.3, 0.4) is 0 Å². The van der Waals surface area contributed by atoms with Crippen LogP contribution < -0.4 is 4.74 Å². The molecule has 0 aliphatic heterocycles. The molecule has 0 fully saturated rings. The molecule has 0 N–H and O–H groups in total. The first-order valence-electron chi connectivity index (χ1n) is 7.63. The van der Waals surface area contributed by atoms with Gasteiger partial charge in [-0.05, 0) is 23.5 Å². The van der Waals surface area contributed by atoms with Crippen LogP contribution in [0.15, 0.2) is 48.8 Å². The van der Waals surface area contributed by atoms with Crippen molar-refractivity contribution < 1.29 is 25.8 Å². The molecule has 0 amide bonds. The maximum Gasteiger partial charge on any atom is 2.00 e. The summed E-state index contributed by atoms with van der Waals surface area (Å²) in [6.07, 6.45) is 9.57. The molecule has 26 heavy (non-hydrogen) atoms. The van der Waals surface area contributed by atoms with Crippen LogP contribution in [0.5, 0.6) is 11.8 Å². The summed E-state index contributed by atoms with van der Waals surface area (Å²) in [6.45, 7) is 0. The van der Waals surface area contributed by atoms with Gasteiger partial charge in [-0.1, -0.05) is 49.1 Å². The number of pyridine rings is 2. The molecule has 4 aromatic heterocycles. The average Bonchev–Trinajstić information content (AvgIpc) is 3.24. The van der Waals surface area contributed by atoms with Crippen molar-refractivity contribution in [1.29, 1.82) is 0 Å². The minimum atomic E-state index is 0. The molecule has 0 aliphatic carbocycles. The van der Waals surface area contributed by atoms with Gasteiger partial charge in [-0.3, -0.25) is 20.2 Å². The van der Waals surface area contributed by atoms with Crippen molar-refractivity contribution in [2.75, 3.05) is 0 Å². The zero-order chi connectivity index (χ0) is 17.2. The summed E-state index contributed by atoms with van der Waals surface area (Å²) in [5.74, 6) is 0.907. The van der Waals surface area contributed by atoms with Crippen LogP contribution >= 0.6 is 0 Å². The van der Waals surface area contributed by atoms with Crippen molar-refractivity contribution in [1.82, 2.24) is 29.5 Å². The van der Waals surface area contributed by atoms with Crippen molar-refractivity contribution in [2.24, 2.45) is 14.1 Å². The van der Waals surface area contributed by atoms with Gasteiger partial charge >= 0.3 is 21.1 Å². The van der Waals surface area contributed by atoms with Gasteiger partial charge in [0.2, 0.25) is 11.8 Å². The van der Waals surface area contributed by atoms with E-state index >= 15 is 0 Å². The Bertz CT molecular complexity index is 944. The maximum absolute atomic E-state index is 5.81. The smallest absolute Gasteiger partial charge is 0.423 e. The van der Waals surface area contributed by atoms with Crippen LogP contribution in [0, 0.1) is 12.4 Å². The Morgan fingerprint density at radius 2 is 1.23 bits per heavy atom. The summed E-state index contributed by atoms with van der Waals surface area (Å²) in [7, 11) is 3.63. The Kier molecular flexibility index (Phi) is 5.28. The summed E-state index contributed by atoms with van der Waals surface area (Å²) in [5.41, 5.74) is 3.09. The van der Waals surface area contributed by atoms with E-state index in [0.29, 0.717) is 11.8 Å². The Morgan fingerprint density at radius 3 is 1.62 bits per heavy atom. The summed E-state index contributed by atoms with van der Waals surface area (Å²) in [6, 6.07) is 11.1. The summed E-state index contributed by atoms with van der Waals surface area (Å²) in [4.78, 5) is 8.97. The number of nitrogens with zero attached hydrogens (tertiary/aromatic N) is 6. The van der Waals surface area contributed by atoms with E-state index in [9.17, 15) is 0 Å². The Labute approximate surface area is 164 Å². The largest absolute Gasteiger partial charge is 2.00 e. The molecule has 4 aromatic rings. The number of aryl methyl sites for hydroxylation is 2. The van der Waals surface area contributed by atoms with Crippen molar-refractivity contribution in [3.05, 3.63) is 61.2 Å². The number of hydrogen-bond acceptors (Lipinski definition) is 5. The van der Waals surface area contributed by atoms with E-state index < -0.39 is 0 Å². The third-order valence-corrected chi connectivity index (χ3v) is 3.49. The molecule has 0 aromatic carbocycles. The van der Waals surface area contributed by atoms with Gasteiger partial charge in [0.25, 0.3) is 0 Å². The molecule has 0 unspecified atom stereocenters. The van der Waals surface area contributed by atoms with Gasteiger partial charge in [-0.25, -0.2) is 0 Å². The van der Waals surface area contributed by atoms with Gasteiger partial charge in [0.05, 0.1) is 0 Å². The SMILES string of the molecule is Cn1[c-]c(-c2cccc(Oc3cccc(-c4[c-]n(C)nc4)n3)n2)cn1.[Pt+2]. The molecule has 8 heteroatoms. The first-order valence-corrected chi connectivity index (χ1v) is 7.63. The zero-order valence-electron chi connectivity index (χ0n) is 14.0. The predicted molar refractivity (Wildman–Crippen MR) is 90.6 cm³/mol. The van der Waals surface area contributed by atoms with E-state index in [-0.39, 0.29) is 21.1 Å². The molecule has 132 valence electrons. The number of aromatic nitrogens is 6. The van der Waals surface area contributed by atoms with E-state index in [1.807, 2.05) is 38.4 Å². The zero-order valence-corrected chi connectivity index (χ0v) is 16.3. The standard InChI is InChI=1S/C18H14N6O.Pt/c1-23-11-13(9-19-23)15-5-3-7-17(21-15)25-18-8-4-6-16(22-18)14-10-20-24(2)12-14;/h3-10H,1-2H3;/q-2;+2. The number of ether oxygens (including phenoxy) is 1. The number of rotatable bonds is 4. The fourth-order valence-electron chi connectivity index (χ4n) is 2.35. The third-order valence-electron chi connectivity index (χ3n) is 3.49. The summed E-state index contributed by atoms with van der Waals surface area (Å²) >= 11 is 0. The monoisotopic (exact) mass is 525 g/mol. The molecule has 0 bridgehead atoms. The topological polar surface area (TPSA) is 70.7 Å². The van der Waals surface area contributed by atoms with Crippen molar-refractivity contribution in [2.45, 2.75) is 0 Å². The normalized spacial score (nSPS) is 10.4. The van der Waals surface area contributed by atoms with Gasteiger partial charge in [0.1, 0.15) is 0 Å². The molecule has 7 nitrogen and oxygen atoms in total. The third kappa shape index (κ3) is 3.89. The van der Waals surface area contributed by atoms with E-state index in [1.54, 1.807) is 33.9 Å². The van der Waals surface area contributed by atoms with Crippen LogP contribution in [-0.4, -0.2) is 29.5 Å². The van der Waals surface area contributed by atoms with E-state index in [1.165, 1.54) is 0 Å². The molecule has 0 atom stereocenters. The second-order valence-corrected chi connectivity index (χ2v) is 5.41. The minimum absolute atomic E-state index is 0. The van der Waals surface area contributed by atoms with E-state index in [0.717, 1.165) is 22.5 Å². The minimum Gasteiger partial charge on any atom is -0.423 e. The van der Waals surface area contributed by atoms with Crippen LogP contribution in [0.1, 0.15) is 0 Å². The van der Waals surface area contributed by atoms with Crippen molar-refractivity contribution >= 4 is 0 Å². The molecule has 0 aliphatic rings. The Balaban J connectivity index is 0.00000196. The molecular formula is C18H14N6OPt. The van der Waals surface area contributed by atoms with Gasteiger partial charge in [-0.2, -0.15) is 0 Å². The fourth-order valence-corrected chi connectivity index (χ4v) is 2.35. The molecule has 0 saturated heterocycles. The average molecular weight is 525 g/mol. The summed E-state index contributed by atoms with van der Waals surface area (Å²) < 4.78 is 9.03. The molecule has 4 rings (SSSR count). The summed E-state index contributed by atoms with van der Waals surface area (Å²) in [5, 5.41) is 8.22. The maximum atomic E-state index is 5.81. The predicted octanol–water partition coefficient (Wildman–Crippen LogP) is 2.67. The second kappa shape index (κ2) is 7.62.